The number of rotatable bonds is 6. The molecule has 2 fully saturated rings. The van der Waals surface area contributed by atoms with Gasteiger partial charge in [0.25, 0.3) is 0 Å². The van der Waals surface area contributed by atoms with Gasteiger partial charge in [-0.25, -0.2) is 0 Å². The van der Waals surface area contributed by atoms with Gasteiger partial charge in [-0.3, -0.25) is 0 Å². The second-order valence-corrected chi connectivity index (χ2v) is 11.8. The Kier molecular flexibility index (Phi) is 7.53. The van der Waals surface area contributed by atoms with Crippen LogP contribution in [0.15, 0.2) is 72.8 Å². The summed E-state index contributed by atoms with van der Waals surface area (Å²) in [6, 6.07) is 28.5. The Morgan fingerprint density at radius 3 is 1.97 bits per heavy atom. The topological polar surface area (TPSA) is 15.3 Å². The van der Waals surface area contributed by atoms with Gasteiger partial charge in [-0.1, -0.05) is 107 Å². The van der Waals surface area contributed by atoms with Crippen LogP contribution in [0, 0.1) is 5.92 Å². The molecule has 1 heterocycles. The van der Waals surface area contributed by atoms with Gasteiger partial charge >= 0.3 is 0 Å². The smallest absolute Gasteiger partial charge is 0.0443 e. The molecule has 0 bridgehead atoms. The van der Waals surface area contributed by atoms with Crippen molar-refractivity contribution in [2.24, 2.45) is 5.92 Å². The van der Waals surface area contributed by atoms with Crippen LogP contribution in [0.5, 0.6) is 0 Å². The van der Waals surface area contributed by atoms with Crippen LogP contribution in [-0.2, 0) is 0 Å². The Labute approximate surface area is 219 Å². The lowest BCUT2D eigenvalue weighted by Gasteiger charge is -2.49. The Bertz CT molecular complexity index is 1110. The minimum atomic E-state index is 0.440. The number of benzene rings is 3. The molecule has 4 unspecified atom stereocenters. The fraction of sp³-hybridized carbons (Fsp3) is 0.471. The molecule has 2 aliphatic rings. The van der Waals surface area contributed by atoms with Crippen molar-refractivity contribution >= 4 is 5.69 Å². The summed E-state index contributed by atoms with van der Waals surface area (Å²) in [6.45, 7) is 9.37. The van der Waals surface area contributed by atoms with E-state index in [0.29, 0.717) is 30.0 Å². The molecule has 4 atom stereocenters. The summed E-state index contributed by atoms with van der Waals surface area (Å²) >= 11 is 0. The Morgan fingerprint density at radius 1 is 0.694 bits per heavy atom. The number of hydrogen-bond acceptors (Lipinski definition) is 2. The van der Waals surface area contributed by atoms with Crippen LogP contribution in [0.2, 0.25) is 0 Å². The number of nitrogens with one attached hydrogen (secondary N) is 1. The van der Waals surface area contributed by atoms with Crippen LogP contribution in [0.1, 0.15) is 94.4 Å². The van der Waals surface area contributed by atoms with Crippen LogP contribution >= 0.6 is 0 Å². The molecule has 0 aromatic heterocycles. The molecule has 1 aliphatic carbocycles. The number of anilines is 1. The highest BCUT2D eigenvalue weighted by atomic mass is 15.2. The minimum absolute atomic E-state index is 0.440. The zero-order valence-electron chi connectivity index (χ0n) is 22.9. The number of nitrogens with zero attached hydrogens (tertiary/aromatic N) is 1. The zero-order valence-corrected chi connectivity index (χ0v) is 22.9. The van der Waals surface area contributed by atoms with Crippen molar-refractivity contribution in [1.29, 1.82) is 0 Å². The first-order valence-corrected chi connectivity index (χ1v) is 14.2. The van der Waals surface area contributed by atoms with Gasteiger partial charge in [0.05, 0.1) is 0 Å². The van der Waals surface area contributed by atoms with E-state index in [0.717, 1.165) is 5.92 Å². The van der Waals surface area contributed by atoms with E-state index in [1.807, 2.05) is 0 Å². The maximum atomic E-state index is 4.19. The molecule has 0 radical (unpaired) electrons. The lowest BCUT2D eigenvalue weighted by Crippen LogP contribution is -2.58. The second-order valence-electron chi connectivity index (χ2n) is 11.8. The summed E-state index contributed by atoms with van der Waals surface area (Å²) in [5.74, 6) is 1.83. The van der Waals surface area contributed by atoms with Crippen molar-refractivity contribution in [3.05, 3.63) is 89.5 Å². The third-order valence-electron chi connectivity index (χ3n) is 8.83. The fourth-order valence-electron chi connectivity index (χ4n) is 6.85. The quantitative estimate of drug-likeness (QED) is 0.379. The van der Waals surface area contributed by atoms with E-state index in [2.05, 4.69) is 118 Å². The van der Waals surface area contributed by atoms with Crippen LogP contribution in [-0.4, -0.2) is 19.1 Å². The molecule has 1 saturated heterocycles. The molecule has 1 saturated carbocycles. The number of hydrogen-bond donors (Lipinski definition) is 1. The van der Waals surface area contributed by atoms with E-state index in [1.165, 1.54) is 65.6 Å². The van der Waals surface area contributed by atoms with Crippen molar-refractivity contribution in [2.75, 3.05) is 11.9 Å². The monoisotopic (exact) mass is 480 g/mol. The minimum Gasteiger partial charge on any atom is -0.370 e. The lowest BCUT2D eigenvalue weighted by molar-refractivity contribution is 0.154. The summed E-state index contributed by atoms with van der Waals surface area (Å²) in [5, 5.41) is 4.19. The van der Waals surface area contributed by atoms with Gasteiger partial charge in [0.15, 0.2) is 0 Å². The van der Waals surface area contributed by atoms with Gasteiger partial charge in [0.2, 0.25) is 0 Å². The van der Waals surface area contributed by atoms with Gasteiger partial charge in [0, 0.05) is 30.9 Å². The van der Waals surface area contributed by atoms with E-state index in [1.54, 1.807) is 0 Å². The average Bonchev–Trinajstić information content (AvgIpc) is 2.92. The second kappa shape index (κ2) is 10.8. The van der Waals surface area contributed by atoms with Gasteiger partial charge in [-0.2, -0.15) is 0 Å². The molecule has 1 aliphatic heterocycles. The largest absolute Gasteiger partial charge is 0.370 e. The number of para-hydroxylation sites is 1. The van der Waals surface area contributed by atoms with E-state index < -0.39 is 0 Å². The standard InChI is InChI=1S/C34H44N2/c1-23(2)29-14-10-15-30(24(3)4)34(29)36(5)32-16-9-13-28-21-22-31(35-33(28)32)27-19-17-26(18-20-27)25-11-7-6-8-12-25/h6-8,10-12,14-15,17-20,23-24,28,31-33,35H,9,13,16,21-22H2,1-5H3. The molecule has 2 heteroatoms. The van der Waals surface area contributed by atoms with E-state index in [-0.39, 0.29) is 0 Å². The Hall–Kier alpha value is -2.58. The number of likely N-dealkylation sites (N-methyl/N-ethyl adjacent to an activating group) is 1. The van der Waals surface area contributed by atoms with Gasteiger partial charge < -0.3 is 10.2 Å². The summed E-state index contributed by atoms with van der Waals surface area (Å²) in [6.07, 6.45) is 6.55. The molecule has 3 aromatic rings. The summed E-state index contributed by atoms with van der Waals surface area (Å²) in [4.78, 5) is 2.68. The van der Waals surface area contributed by atoms with Crippen molar-refractivity contribution in [3.8, 4) is 11.1 Å². The third-order valence-corrected chi connectivity index (χ3v) is 8.83. The van der Waals surface area contributed by atoms with E-state index in [9.17, 15) is 0 Å². The first-order chi connectivity index (χ1) is 17.4. The van der Waals surface area contributed by atoms with Gasteiger partial charge in [-0.05, 0) is 71.3 Å². The molecule has 3 aromatic carbocycles. The normalized spacial score (nSPS) is 24.1. The summed E-state index contributed by atoms with van der Waals surface area (Å²) in [5.41, 5.74) is 8.51. The van der Waals surface area contributed by atoms with Crippen LogP contribution in [0.4, 0.5) is 5.69 Å². The lowest BCUT2D eigenvalue weighted by atomic mass is 9.73. The summed E-state index contributed by atoms with van der Waals surface area (Å²) < 4.78 is 0. The SMILES string of the molecule is CC(C)c1cccc(C(C)C)c1N(C)C1CCCC2CCC(c3ccc(-c4ccccc4)cc3)NC21. The molecule has 190 valence electrons. The molecular weight excluding hydrogens is 436 g/mol. The van der Waals surface area contributed by atoms with Crippen LogP contribution in [0.25, 0.3) is 11.1 Å². The highest BCUT2D eigenvalue weighted by Gasteiger charge is 2.40. The predicted octanol–water partition coefficient (Wildman–Crippen LogP) is 8.70. The van der Waals surface area contributed by atoms with Crippen molar-refractivity contribution in [1.82, 2.24) is 5.32 Å². The first kappa shape index (κ1) is 25.1. The predicted molar refractivity (Wildman–Crippen MR) is 155 cm³/mol. The molecule has 2 nitrogen and oxygen atoms in total. The average molecular weight is 481 g/mol. The zero-order chi connectivity index (χ0) is 25.2. The number of fused-ring (bicyclic) bond motifs is 1. The highest BCUT2D eigenvalue weighted by molar-refractivity contribution is 5.64. The molecule has 0 amide bonds. The highest BCUT2D eigenvalue weighted by Crippen LogP contribution is 2.42. The van der Waals surface area contributed by atoms with Crippen LogP contribution in [0.3, 0.4) is 0 Å². The maximum absolute atomic E-state index is 4.19. The van der Waals surface area contributed by atoms with Gasteiger partial charge in [-0.15, -0.1) is 0 Å². The molecule has 1 N–H and O–H groups in total. The van der Waals surface area contributed by atoms with Gasteiger partial charge in [0.1, 0.15) is 0 Å². The van der Waals surface area contributed by atoms with E-state index in [4.69, 9.17) is 0 Å². The molecule has 5 rings (SSSR count). The molecule has 0 spiro atoms. The Morgan fingerprint density at radius 2 is 1.33 bits per heavy atom. The molecular formula is C34H44N2. The van der Waals surface area contributed by atoms with E-state index >= 15 is 0 Å². The number of piperidine rings is 1. The Balaban J connectivity index is 1.40. The van der Waals surface area contributed by atoms with Crippen molar-refractivity contribution in [2.45, 2.75) is 89.8 Å². The maximum Gasteiger partial charge on any atom is 0.0443 e. The first-order valence-electron chi connectivity index (χ1n) is 14.2. The fourth-order valence-corrected chi connectivity index (χ4v) is 6.85. The van der Waals surface area contributed by atoms with Crippen LogP contribution < -0.4 is 10.2 Å². The summed E-state index contributed by atoms with van der Waals surface area (Å²) in [7, 11) is 2.38. The van der Waals surface area contributed by atoms with Crippen molar-refractivity contribution in [3.63, 3.8) is 0 Å². The molecule has 36 heavy (non-hydrogen) atoms. The third kappa shape index (κ3) is 4.98. The van der Waals surface area contributed by atoms with Crippen molar-refractivity contribution < 1.29 is 0 Å².